The number of nitrogens with zero attached hydrogens (tertiary/aromatic N) is 1. The second kappa shape index (κ2) is 22.2. The molecule has 47 heavy (non-hydrogen) atoms. The first kappa shape index (κ1) is 39.8. The first-order chi connectivity index (χ1) is 22.6. The van der Waals surface area contributed by atoms with Crippen LogP contribution in [0, 0.1) is 12.3 Å². The third kappa shape index (κ3) is 14.9. The molecule has 0 aromatic heterocycles. The van der Waals surface area contributed by atoms with Crippen molar-refractivity contribution in [3.63, 3.8) is 0 Å². The first-order valence-corrected chi connectivity index (χ1v) is 17.9. The fourth-order valence-electron chi connectivity index (χ4n) is 5.49. The Morgan fingerprint density at radius 3 is 1.91 bits per heavy atom. The molecule has 0 saturated heterocycles. The maximum atomic E-state index is 12.9. The monoisotopic (exact) mass is 652 g/mol. The highest BCUT2D eigenvalue weighted by molar-refractivity contribution is 6.03. The van der Waals surface area contributed by atoms with Gasteiger partial charge in [-0.1, -0.05) is 96.1 Å². The molecule has 1 amide bonds. The van der Waals surface area contributed by atoms with E-state index in [0.717, 1.165) is 42.6 Å². The maximum absolute atomic E-state index is 12.9. The summed E-state index contributed by atoms with van der Waals surface area (Å²) >= 11 is 0. The van der Waals surface area contributed by atoms with E-state index in [1.165, 1.54) is 64.2 Å². The molecule has 2 aromatic rings. The van der Waals surface area contributed by atoms with Crippen LogP contribution in [0.15, 0.2) is 42.5 Å². The number of aryl methyl sites for hydroxylation is 1. The van der Waals surface area contributed by atoms with Crippen molar-refractivity contribution < 1.29 is 29.0 Å². The second-order valence-electron chi connectivity index (χ2n) is 13.1. The van der Waals surface area contributed by atoms with Crippen LogP contribution in [0.4, 0.5) is 16.2 Å². The minimum atomic E-state index is -1.22. The minimum absolute atomic E-state index is 0.0421. The highest BCUT2D eigenvalue weighted by atomic mass is 16.5. The van der Waals surface area contributed by atoms with E-state index in [2.05, 4.69) is 17.1 Å². The fraction of sp³-hybridized carbons (Fsp3) is 0.615. The van der Waals surface area contributed by atoms with Gasteiger partial charge >= 0.3 is 12.1 Å². The summed E-state index contributed by atoms with van der Waals surface area (Å²) < 4.78 is 10.9. The molecule has 2 N–H and O–H groups in total. The molecule has 2 rings (SSSR count). The number of rotatable bonds is 24. The van der Waals surface area contributed by atoms with Gasteiger partial charge in [0.05, 0.1) is 6.61 Å². The quantitative estimate of drug-likeness (QED) is 0.0504. The Labute approximate surface area is 283 Å². The van der Waals surface area contributed by atoms with Crippen molar-refractivity contribution in [2.24, 2.45) is 5.41 Å². The molecule has 2 aromatic carbocycles. The molecular weight excluding hydrogens is 592 g/mol. The van der Waals surface area contributed by atoms with Gasteiger partial charge in [0.1, 0.15) is 23.6 Å². The van der Waals surface area contributed by atoms with Crippen molar-refractivity contribution in [3.8, 4) is 5.75 Å². The van der Waals surface area contributed by atoms with Gasteiger partial charge < -0.3 is 19.5 Å². The van der Waals surface area contributed by atoms with Crippen molar-refractivity contribution in [2.75, 3.05) is 29.9 Å². The van der Waals surface area contributed by atoms with Crippen LogP contribution in [-0.2, 0) is 20.9 Å². The van der Waals surface area contributed by atoms with Crippen LogP contribution in [0.25, 0.3) is 0 Å². The summed E-state index contributed by atoms with van der Waals surface area (Å²) in [5, 5.41) is 12.0. The van der Waals surface area contributed by atoms with E-state index in [4.69, 9.17) is 9.47 Å². The van der Waals surface area contributed by atoms with E-state index in [0.29, 0.717) is 24.4 Å². The lowest BCUT2D eigenvalue weighted by Crippen LogP contribution is -2.36. The predicted molar refractivity (Wildman–Crippen MR) is 191 cm³/mol. The van der Waals surface area contributed by atoms with Crippen LogP contribution in [-0.4, -0.2) is 42.6 Å². The molecule has 0 aliphatic rings. The van der Waals surface area contributed by atoms with Gasteiger partial charge in [0.25, 0.3) is 0 Å². The highest BCUT2D eigenvalue weighted by Crippen LogP contribution is 2.26. The molecule has 0 saturated carbocycles. The van der Waals surface area contributed by atoms with Crippen LogP contribution >= 0.6 is 0 Å². The van der Waals surface area contributed by atoms with E-state index < -0.39 is 17.5 Å². The topological polar surface area (TPSA) is 105 Å². The molecule has 0 aliphatic heterocycles. The third-order valence-corrected chi connectivity index (χ3v) is 8.78. The van der Waals surface area contributed by atoms with Gasteiger partial charge in [-0.05, 0) is 75.6 Å². The Kier molecular flexibility index (Phi) is 18.8. The molecule has 0 aliphatic carbocycles. The van der Waals surface area contributed by atoms with Gasteiger partial charge in [0.2, 0.25) is 0 Å². The van der Waals surface area contributed by atoms with Crippen molar-refractivity contribution in [1.82, 2.24) is 0 Å². The number of aliphatic hydroxyl groups excluding tert-OH is 1. The summed E-state index contributed by atoms with van der Waals surface area (Å²) in [5.41, 5.74) is 2.01. The largest absolute Gasteiger partial charge is 0.444 e. The number of anilines is 2. The van der Waals surface area contributed by atoms with Crippen LogP contribution in [0.1, 0.15) is 129 Å². The van der Waals surface area contributed by atoms with E-state index in [1.54, 1.807) is 38.1 Å². The molecular formula is C39H60N2O6. The van der Waals surface area contributed by atoms with Crippen LogP contribution in [0.2, 0.25) is 0 Å². The zero-order chi connectivity index (χ0) is 34.5. The third-order valence-electron chi connectivity index (χ3n) is 8.78. The van der Waals surface area contributed by atoms with E-state index in [1.807, 2.05) is 32.0 Å². The second-order valence-corrected chi connectivity index (χ2v) is 13.1. The van der Waals surface area contributed by atoms with Crippen LogP contribution < -0.4 is 15.0 Å². The number of ketones is 1. The fourth-order valence-corrected chi connectivity index (χ4v) is 5.49. The number of Topliss-reactive ketones (excluding diaryl/α,β-unsaturated/α-hetero) is 1. The number of benzene rings is 2. The number of ether oxygens (including phenoxy) is 2. The number of carbonyl (C=O) groups excluding carboxylic acids is 3. The van der Waals surface area contributed by atoms with E-state index >= 15 is 0 Å². The Bertz CT molecular complexity index is 1210. The lowest BCUT2D eigenvalue weighted by molar-refractivity contribution is -0.150. The van der Waals surface area contributed by atoms with Gasteiger partial charge in [-0.2, -0.15) is 0 Å². The Morgan fingerprint density at radius 2 is 1.38 bits per heavy atom. The molecule has 262 valence electrons. The standard InChI is InChI=1S/C39H60N2O6/c1-6-8-9-10-11-12-13-14-15-16-17-18-19-20-36(43)39(4,5)37(44)47-34-24-21-32(22-25-34)30-46-38(45)40-35-26-23-33(29-31(35)3)41(7-2)27-28-42/h21-26,29,42H,6-20,27-28,30H2,1-5H3,(H,40,45). The van der Waals surface area contributed by atoms with Crippen molar-refractivity contribution in [1.29, 1.82) is 0 Å². The molecule has 0 atom stereocenters. The lowest BCUT2D eigenvalue weighted by atomic mass is 9.85. The normalized spacial score (nSPS) is 11.3. The number of esters is 1. The van der Waals surface area contributed by atoms with Gasteiger partial charge in [0.15, 0.2) is 0 Å². The van der Waals surface area contributed by atoms with E-state index in [9.17, 15) is 19.5 Å². The summed E-state index contributed by atoms with van der Waals surface area (Å²) in [4.78, 5) is 40.2. The highest BCUT2D eigenvalue weighted by Gasteiger charge is 2.37. The average Bonchev–Trinajstić information content (AvgIpc) is 3.06. The molecule has 0 bridgehead atoms. The summed E-state index contributed by atoms with van der Waals surface area (Å²) in [7, 11) is 0. The number of unbranched alkanes of at least 4 members (excludes halogenated alkanes) is 12. The molecule has 0 unspecified atom stereocenters. The Balaban J connectivity index is 1.67. The molecule has 8 heteroatoms. The Morgan fingerprint density at radius 1 is 0.809 bits per heavy atom. The van der Waals surface area contributed by atoms with Crippen LogP contribution in [0.5, 0.6) is 5.75 Å². The summed E-state index contributed by atoms with van der Waals surface area (Å²) in [6.45, 7) is 10.9. The number of hydrogen-bond acceptors (Lipinski definition) is 7. The molecule has 8 nitrogen and oxygen atoms in total. The molecule has 0 fully saturated rings. The maximum Gasteiger partial charge on any atom is 0.411 e. The van der Waals surface area contributed by atoms with E-state index in [-0.39, 0.29) is 19.0 Å². The SMILES string of the molecule is CCCCCCCCCCCCCCCC(=O)C(C)(C)C(=O)Oc1ccc(COC(=O)Nc2ccc(N(CC)CCO)cc2C)cc1. The van der Waals surface area contributed by atoms with Crippen LogP contribution in [0.3, 0.4) is 0 Å². The smallest absolute Gasteiger partial charge is 0.411 e. The predicted octanol–water partition coefficient (Wildman–Crippen LogP) is 9.54. The van der Waals surface area contributed by atoms with Gasteiger partial charge in [-0.15, -0.1) is 0 Å². The molecule has 0 radical (unpaired) electrons. The summed E-state index contributed by atoms with van der Waals surface area (Å²) in [6.07, 6.45) is 15.9. The summed E-state index contributed by atoms with van der Waals surface area (Å²) in [6, 6.07) is 12.4. The lowest BCUT2D eigenvalue weighted by Gasteiger charge is -2.23. The number of likely N-dealkylation sites (N-methyl/N-ethyl adjacent to an activating group) is 1. The van der Waals surface area contributed by atoms with Crippen molar-refractivity contribution in [3.05, 3.63) is 53.6 Å². The number of hydrogen-bond donors (Lipinski definition) is 2. The van der Waals surface area contributed by atoms with Crippen molar-refractivity contribution >= 4 is 29.2 Å². The Hall–Kier alpha value is -3.39. The van der Waals surface area contributed by atoms with Gasteiger partial charge in [-0.3, -0.25) is 14.9 Å². The van der Waals surface area contributed by atoms with Gasteiger partial charge in [0, 0.05) is 30.9 Å². The van der Waals surface area contributed by atoms with Gasteiger partial charge in [-0.25, -0.2) is 4.79 Å². The average molecular weight is 653 g/mol. The molecule has 0 spiro atoms. The first-order valence-electron chi connectivity index (χ1n) is 17.9. The molecule has 0 heterocycles. The number of amides is 1. The minimum Gasteiger partial charge on any atom is -0.444 e. The van der Waals surface area contributed by atoms with Crippen molar-refractivity contribution in [2.45, 2.75) is 131 Å². The number of aliphatic hydroxyl groups is 1. The zero-order valence-corrected chi connectivity index (χ0v) is 29.7. The number of nitrogens with one attached hydrogen (secondary N) is 1. The zero-order valence-electron chi connectivity index (χ0n) is 29.7. The summed E-state index contributed by atoms with van der Waals surface area (Å²) in [5.74, 6) is -0.331. The number of carbonyl (C=O) groups is 3.